The second-order valence-electron chi connectivity index (χ2n) is 2.72. The van der Waals surface area contributed by atoms with E-state index in [1.807, 2.05) is 6.92 Å². The van der Waals surface area contributed by atoms with Crippen molar-refractivity contribution in [2.75, 3.05) is 0 Å². The summed E-state index contributed by atoms with van der Waals surface area (Å²) >= 11 is 0. The number of halogens is 1. The molecule has 1 aliphatic rings. The van der Waals surface area contributed by atoms with Gasteiger partial charge in [-0.1, -0.05) is 6.92 Å². The first-order valence-electron chi connectivity index (χ1n) is 3.64. The van der Waals surface area contributed by atoms with Gasteiger partial charge in [0.1, 0.15) is 6.10 Å². The maximum Gasteiger partial charge on any atom is 0.154 e. The smallest absolute Gasteiger partial charge is 0.154 e. The Morgan fingerprint density at radius 3 is 2.40 bits per heavy atom. The van der Waals surface area contributed by atoms with E-state index >= 15 is 0 Å². The summed E-state index contributed by atoms with van der Waals surface area (Å²) in [6.45, 7) is 3.54. The number of ether oxygens (including phenoxy) is 1. The lowest BCUT2D eigenvalue weighted by atomic mass is 10.1. The molecule has 0 amide bonds. The average Bonchev–Trinajstić information content (AvgIpc) is 2.17. The largest absolute Gasteiger partial charge is 0.387 e. The van der Waals surface area contributed by atoms with Crippen molar-refractivity contribution in [3.05, 3.63) is 0 Å². The zero-order valence-corrected chi connectivity index (χ0v) is 6.25. The van der Waals surface area contributed by atoms with Gasteiger partial charge < -0.3 is 9.84 Å². The second kappa shape index (κ2) is 2.84. The second-order valence-corrected chi connectivity index (χ2v) is 2.72. The first-order chi connectivity index (χ1) is 4.66. The molecule has 0 aliphatic carbocycles. The normalized spacial score (nSPS) is 48.0. The van der Waals surface area contributed by atoms with Crippen molar-refractivity contribution in [2.45, 2.75) is 44.8 Å². The van der Waals surface area contributed by atoms with Gasteiger partial charge in [-0.05, 0) is 13.3 Å². The van der Waals surface area contributed by atoms with Crippen molar-refractivity contribution in [1.29, 1.82) is 0 Å². The van der Waals surface area contributed by atoms with Crippen LogP contribution in [0, 0.1) is 0 Å². The molecule has 1 rings (SSSR count). The summed E-state index contributed by atoms with van der Waals surface area (Å²) in [7, 11) is 0. The molecule has 1 aliphatic heterocycles. The number of aliphatic hydroxyl groups excluding tert-OH is 1. The van der Waals surface area contributed by atoms with Crippen LogP contribution in [0.2, 0.25) is 0 Å². The minimum atomic E-state index is -1.19. The van der Waals surface area contributed by atoms with E-state index in [-0.39, 0.29) is 6.10 Å². The monoisotopic (exact) mass is 148 g/mol. The quantitative estimate of drug-likeness (QED) is 0.598. The van der Waals surface area contributed by atoms with Crippen molar-refractivity contribution >= 4 is 0 Å². The van der Waals surface area contributed by atoms with Crippen molar-refractivity contribution in [2.24, 2.45) is 0 Å². The third-order valence-corrected chi connectivity index (χ3v) is 1.95. The van der Waals surface area contributed by atoms with E-state index in [0.29, 0.717) is 6.42 Å². The number of alkyl halides is 1. The van der Waals surface area contributed by atoms with E-state index in [2.05, 4.69) is 0 Å². The maximum absolute atomic E-state index is 12.9. The molecule has 2 nitrogen and oxygen atoms in total. The fraction of sp³-hybridized carbons (Fsp3) is 1.00. The average molecular weight is 148 g/mol. The molecule has 10 heavy (non-hydrogen) atoms. The summed E-state index contributed by atoms with van der Waals surface area (Å²) in [5, 5.41) is 9.07. The molecule has 0 aromatic carbocycles. The Morgan fingerprint density at radius 1 is 1.60 bits per heavy atom. The summed E-state index contributed by atoms with van der Waals surface area (Å²) in [5.41, 5.74) is 0. The van der Waals surface area contributed by atoms with Crippen LogP contribution in [0.4, 0.5) is 4.39 Å². The van der Waals surface area contributed by atoms with Crippen molar-refractivity contribution in [3.63, 3.8) is 0 Å². The van der Waals surface area contributed by atoms with Crippen LogP contribution < -0.4 is 0 Å². The highest BCUT2D eigenvalue weighted by Gasteiger charge is 2.40. The first kappa shape index (κ1) is 7.95. The third-order valence-electron chi connectivity index (χ3n) is 1.95. The van der Waals surface area contributed by atoms with Crippen LogP contribution >= 0.6 is 0 Å². The number of hydrogen-bond acceptors (Lipinski definition) is 2. The molecule has 1 N–H and O–H groups in total. The van der Waals surface area contributed by atoms with Crippen LogP contribution in [0.15, 0.2) is 0 Å². The lowest BCUT2D eigenvalue weighted by Gasteiger charge is -2.08. The lowest BCUT2D eigenvalue weighted by Crippen LogP contribution is -2.27. The van der Waals surface area contributed by atoms with Gasteiger partial charge in [0.2, 0.25) is 0 Å². The number of hydrogen-bond donors (Lipinski definition) is 1. The molecule has 60 valence electrons. The maximum atomic E-state index is 12.9. The Balaban J connectivity index is 2.53. The van der Waals surface area contributed by atoms with Crippen LogP contribution in [0.3, 0.4) is 0 Å². The van der Waals surface area contributed by atoms with Gasteiger partial charge in [-0.15, -0.1) is 0 Å². The molecule has 0 aromatic heterocycles. The Labute approximate surface area is 60.0 Å². The van der Waals surface area contributed by atoms with E-state index in [0.717, 1.165) is 0 Å². The molecule has 0 aromatic rings. The molecule has 0 spiro atoms. The van der Waals surface area contributed by atoms with Gasteiger partial charge >= 0.3 is 0 Å². The first-order valence-corrected chi connectivity index (χ1v) is 3.64. The van der Waals surface area contributed by atoms with Gasteiger partial charge in [-0.2, -0.15) is 0 Å². The van der Waals surface area contributed by atoms with Gasteiger partial charge in [-0.3, -0.25) is 0 Å². The molecule has 1 heterocycles. The fourth-order valence-electron chi connectivity index (χ4n) is 1.23. The Morgan fingerprint density at radius 2 is 2.20 bits per heavy atom. The van der Waals surface area contributed by atoms with Crippen LogP contribution in [-0.2, 0) is 4.74 Å². The minimum absolute atomic E-state index is 0.347. The highest BCUT2D eigenvalue weighted by molar-refractivity contribution is 4.87. The van der Waals surface area contributed by atoms with Crippen LogP contribution in [0.25, 0.3) is 0 Å². The number of rotatable bonds is 1. The molecule has 1 fully saturated rings. The minimum Gasteiger partial charge on any atom is -0.387 e. The van der Waals surface area contributed by atoms with Crippen LogP contribution in [-0.4, -0.2) is 29.6 Å². The van der Waals surface area contributed by atoms with E-state index in [1.165, 1.54) is 0 Å². The van der Waals surface area contributed by atoms with E-state index in [1.54, 1.807) is 6.92 Å². The molecule has 0 radical (unpaired) electrons. The van der Waals surface area contributed by atoms with Crippen molar-refractivity contribution in [1.82, 2.24) is 0 Å². The van der Waals surface area contributed by atoms with Crippen LogP contribution in [0.5, 0.6) is 0 Å². The van der Waals surface area contributed by atoms with Gasteiger partial charge in [-0.25, -0.2) is 4.39 Å². The zero-order valence-electron chi connectivity index (χ0n) is 6.25. The Hall–Kier alpha value is -0.150. The Kier molecular flexibility index (Phi) is 2.26. The molecule has 1 saturated heterocycles. The topological polar surface area (TPSA) is 29.5 Å². The van der Waals surface area contributed by atoms with Gasteiger partial charge in [0.15, 0.2) is 6.17 Å². The van der Waals surface area contributed by atoms with Gasteiger partial charge in [0, 0.05) is 0 Å². The van der Waals surface area contributed by atoms with Gasteiger partial charge in [0.25, 0.3) is 0 Å². The summed E-state index contributed by atoms with van der Waals surface area (Å²) < 4.78 is 18.0. The summed E-state index contributed by atoms with van der Waals surface area (Å²) in [6, 6.07) is 0. The van der Waals surface area contributed by atoms with Crippen molar-refractivity contribution in [3.8, 4) is 0 Å². The molecule has 0 bridgehead atoms. The molecule has 3 heteroatoms. The van der Waals surface area contributed by atoms with Gasteiger partial charge in [0.05, 0.1) is 12.2 Å². The van der Waals surface area contributed by atoms with Crippen molar-refractivity contribution < 1.29 is 14.2 Å². The highest BCUT2D eigenvalue weighted by Crippen LogP contribution is 2.25. The SMILES string of the molecule is CC[C@H]1O[C@@H](C)[C@H](O)[C@H]1F. The predicted molar refractivity (Wildman–Crippen MR) is 35.5 cm³/mol. The van der Waals surface area contributed by atoms with E-state index in [9.17, 15) is 4.39 Å². The highest BCUT2D eigenvalue weighted by atomic mass is 19.1. The fourth-order valence-corrected chi connectivity index (χ4v) is 1.23. The standard InChI is InChI=1S/C7H13FO2/c1-3-5-6(8)7(9)4(2)10-5/h4-7,9H,3H2,1-2H3/t4-,5+,6-,7-/m0/s1. The summed E-state index contributed by atoms with van der Waals surface area (Å²) in [5.74, 6) is 0. The third kappa shape index (κ3) is 1.16. The summed E-state index contributed by atoms with van der Waals surface area (Å²) in [4.78, 5) is 0. The molecular weight excluding hydrogens is 135 g/mol. The van der Waals surface area contributed by atoms with Crippen LogP contribution in [0.1, 0.15) is 20.3 Å². The Bertz CT molecular complexity index is 118. The molecule has 0 unspecified atom stereocenters. The van der Waals surface area contributed by atoms with E-state index in [4.69, 9.17) is 9.84 Å². The predicted octanol–water partition coefficient (Wildman–Crippen LogP) is 0.883. The summed E-state index contributed by atoms with van der Waals surface area (Å²) in [6.07, 6.45) is -2.24. The lowest BCUT2D eigenvalue weighted by molar-refractivity contribution is 0.0205. The molecule has 4 atom stereocenters. The molecular formula is C7H13FO2. The molecule has 0 saturated carbocycles. The zero-order chi connectivity index (χ0) is 7.72. The van der Waals surface area contributed by atoms with E-state index < -0.39 is 18.4 Å². The number of aliphatic hydroxyl groups is 1.